The van der Waals surface area contributed by atoms with Crippen molar-refractivity contribution in [2.45, 2.75) is 18.9 Å². The van der Waals surface area contributed by atoms with E-state index >= 15 is 0 Å². The molecule has 2 aromatic rings. The number of nitrogens with one attached hydrogen (secondary N) is 1. The van der Waals surface area contributed by atoms with Crippen molar-refractivity contribution in [2.24, 2.45) is 0 Å². The maximum Gasteiger partial charge on any atom is 0.122 e. The molecule has 2 aliphatic heterocycles. The molecule has 21 heavy (non-hydrogen) atoms. The largest absolute Gasteiger partial charge is 0.497 e. The highest BCUT2D eigenvalue weighted by atomic mass is 16.5. The van der Waals surface area contributed by atoms with Crippen LogP contribution in [0.3, 0.4) is 0 Å². The highest BCUT2D eigenvalue weighted by Gasteiger charge is 2.23. The molecule has 2 aromatic carbocycles. The molecule has 3 nitrogen and oxygen atoms in total. The Kier molecular flexibility index (Phi) is 3.08. The van der Waals surface area contributed by atoms with Crippen LogP contribution in [-0.4, -0.2) is 20.3 Å². The molecule has 0 amide bonds. The minimum Gasteiger partial charge on any atom is -0.497 e. The summed E-state index contributed by atoms with van der Waals surface area (Å²) in [5.74, 6) is 1.97. The first-order valence-electron chi connectivity index (χ1n) is 7.51. The third-order valence-electron chi connectivity index (χ3n) is 4.45. The highest BCUT2D eigenvalue weighted by molar-refractivity contribution is 5.47. The van der Waals surface area contributed by atoms with Crippen molar-refractivity contribution in [3.8, 4) is 11.5 Å². The van der Waals surface area contributed by atoms with Crippen LogP contribution in [0.15, 0.2) is 36.4 Å². The monoisotopic (exact) mass is 281 g/mol. The summed E-state index contributed by atoms with van der Waals surface area (Å²) in [6.45, 7) is 1.82. The average Bonchev–Trinajstić information content (AvgIpc) is 3.01. The molecule has 0 aliphatic carbocycles. The van der Waals surface area contributed by atoms with Crippen molar-refractivity contribution in [1.82, 2.24) is 5.32 Å². The van der Waals surface area contributed by atoms with Gasteiger partial charge in [-0.3, -0.25) is 0 Å². The van der Waals surface area contributed by atoms with Crippen LogP contribution in [0.1, 0.15) is 28.3 Å². The van der Waals surface area contributed by atoms with Gasteiger partial charge in [0, 0.05) is 13.0 Å². The van der Waals surface area contributed by atoms with Gasteiger partial charge < -0.3 is 14.8 Å². The maximum atomic E-state index is 5.61. The summed E-state index contributed by atoms with van der Waals surface area (Å²) < 4.78 is 11.0. The number of methoxy groups -OCH3 is 1. The molecule has 1 unspecified atom stereocenters. The van der Waals surface area contributed by atoms with Crippen molar-refractivity contribution in [3.05, 3.63) is 58.7 Å². The fraction of sp³-hybridized carbons (Fsp3) is 0.333. The molecule has 0 bridgehead atoms. The van der Waals surface area contributed by atoms with Crippen LogP contribution < -0.4 is 14.8 Å². The van der Waals surface area contributed by atoms with E-state index in [0.717, 1.165) is 37.5 Å². The number of benzene rings is 2. The van der Waals surface area contributed by atoms with Gasteiger partial charge in [-0.1, -0.05) is 18.2 Å². The molecule has 0 saturated carbocycles. The van der Waals surface area contributed by atoms with Crippen molar-refractivity contribution < 1.29 is 9.47 Å². The number of ether oxygens (including phenoxy) is 2. The summed E-state index contributed by atoms with van der Waals surface area (Å²) in [6, 6.07) is 13.2. The molecule has 0 radical (unpaired) electrons. The van der Waals surface area contributed by atoms with Gasteiger partial charge in [0.05, 0.1) is 19.8 Å². The Hall–Kier alpha value is -2.00. The lowest BCUT2D eigenvalue weighted by Gasteiger charge is -2.28. The lowest BCUT2D eigenvalue weighted by molar-refractivity contribution is 0.356. The second kappa shape index (κ2) is 5.08. The van der Waals surface area contributed by atoms with Crippen LogP contribution in [0.25, 0.3) is 0 Å². The van der Waals surface area contributed by atoms with Crippen LogP contribution in [0.2, 0.25) is 0 Å². The van der Waals surface area contributed by atoms with E-state index < -0.39 is 0 Å². The van der Waals surface area contributed by atoms with Gasteiger partial charge in [0.2, 0.25) is 0 Å². The van der Waals surface area contributed by atoms with E-state index in [1.807, 2.05) is 0 Å². The molecule has 1 N–H and O–H groups in total. The zero-order valence-corrected chi connectivity index (χ0v) is 12.2. The molecule has 0 spiro atoms. The zero-order valence-electron chi connectivity index (χ0n) is 12.2. The standard InChI is InChI=1S/C18H19NO2/c1-20-15-4-2-12-6-8-19-18(16(12)11-15)14-3-5-17-13(10-14)7-9-21-17/h2-5,10-11,18-19H,6-9H2,1H3. The van der Waals surface area contributed by atoms with Crippen LogP contribution in [-0.2, 0) is 12.8 Å². The van der Waals surface area contributed by atoms with Crippen LogP contribution in [0, 0.1) is 0 Å². The fourth-order valence-corrected chi connectivity index (χ4v) is 3.34. The van der Waals surface area contributed by atoms with Gasteiger partial charge in [-0.2, -0.15) is 0 Å². The molecule has 2 heterocycles. The molecule has 0 fully saturated rings. The third-order valence-corrected chi connectivity index (χ3v) is 4.45. The summed E-state index contributed by atoms with van der Waals surface area (Å²) in [5.41, 5.74) is 5.38. The third kappa shape index (κ3) is 2.18. The maximum absolute atomic E-state index is 5.61. The Morgan fingerprint density at radius 1 is 1.10 bits per heavy atom. The number of rotatable bonds is 2. The summed E-state index contributed by atoms with van der Waals surface area (Å²) >= 11 is 0. The summed E-state index contributed by atoms with van der Waals surface area (Å²) in [6.07, 6.45) is 2.09. The smallest absolute Gasteiger partial charge is 0.122 e. The average molecular weight is 281 g/mol. The van der Waals surface area contributed by atoms with E-state index in [1.165, 1.54) is 22.3 Å². The molecule has 1 atom stereocenters. The molecule has 2 aliphatic rings. The van der Waals surface area contributed by atoms with Gasteiger partial charge in [-0.25, -0.2) is 0 Å². The topological polar surface area (TPSA) is 30.5 Å². The SMILES string of the molecule is COc1ccc2c(c1)C(c1ccc3c(c1)CCO3)NCC2. The number of fused-ring (bicyclic) bond motifs is 2. The van der Waals surface area contributed by atoms with Gasteiger partial charge in [0.1, 0.15) is 11.5 Å². The number of hydrogen-bond acceptors (Lipinski definition) is 3. The van der Waals surface area contributed by atoms with Crippen LogP contribution in [0.5, 0.6) is 11.5 Å². The first kappa shape index (κ1) is 12.7. The molecule has 0 saturated heterocycles. The van der Waals surface area contributed by atoms with E-state index in [-0.39, 0.29) is 6.04 Å². The van der Waals surface area contributed by atoms with Crippen molar-refractivity contribution in [1.29, 1.82) is 0 Å². The first-order chi connectivity index (χ1) is 10.3. The van der Waals surface area contributed by atoms with E-state index in [2.05, 4.69) is 41.7 Å². The molecule has 108 valence electrons. The van der Waals surface area contributed by atoms with E-state index in [0.29, 0.717) is 0 Å². The minimum absolute atomic E-state index is 0.245. The quantitative estimate of drug-likeness (QED) is 0.918. The lowest BCUT2D eigenvalue weighted by atomic mass is 9.89. The predicted molar refractivity (Wildman–Crippen MR) is 82.2 cm³/mol. The molecule has 3 heteroatoms. The Labute approximate surface area is 124 Å². The Balaban J connectivity index is 1.77. The van der Waals surface area contributed by atoms with Crippen molar-refractivity contribution in [2.75, 3.05) is 20.3 Å². The van der Waals surface area contributed by atoms with Gasteiger partial charge in [0.15, 0.2) is 0 Å². The van der Waals surface area contributed by atoms with Gasteiger partial charge in [-0.05, 0) is 46.9 Å². The number of hydrogen-bond donors (Lipinski definition) is 1. The molecule has 4 rings (SSSR count). The van der Waals surface area contributed by atoms with Gasteiger partial charge in [0.25, 0.3) is 0 Å². The normalized spacial score (nSPS) is 19.6. The Morgan fingerprint density at radius 3 is 2.95 bits per heavy atom. The van der Waals surface area contributed by atoms with E-state index in [1.54, 1.807) is 7.11 Å². The lowest BCUT2D eigenvalue weighted by Crippen LogP contribution is -2.30. The highest BCUT2D eigenvalue weighted by Crippen LogP contribution is 2.34. The molecular weight excluding hydrogens is 262 g/mol. The zero-order chi connectivity index (χ0) is 14.2. The van der Waals surface area contributed by atoms with E-state index in [9.17, 15) is 0 Å². The van der Waals surface area contributed by atoms with Crippen LogP contribution >= 0.6 is 0 Å². The van der Waals surface area contributed by atoms with Crippen molar-refractivity contribution in [3.63, 3.8) is 0 Å². The van der Waals surface area contributed by atoms with E-state index in [4.69, 9.17) is 9.47 Å². The molecular formula is C18H19NO2. The minimum atomic E-state index is 0.245. The fourth-order valence-electron chi connectivity index (χ4n) is 3.34. The first-order valence-corrected chi connectivity index (χ1v) is 7.51. The Bertz CT molecular complexity index is 681. The summed E-state index contributed by atoms with van der Waals surface area (Å²) in [4.78, 5) is 0. The predicted octanol–water partition coefficient (Wildman–Crippen LogP) is 2.87. The van der Waals surface area contributed by atoms with Gasteiger partial charge in [-0.15, -0.1) is 0 Å². The Morgan fingerprint density at radius 2 is 2.05 bits per heavy atom. The van der Waals surface area contributed by atoms with Gasteiger partial charge >= 0.3 is 0 Å². The summed E-state index contributed by atoms with van der Waals surface area (Å²) in [7, 11) is 1.72. The van der Waals surface area contributed by atoms with Crippen molar-refractivity contribution >= 4 is 0 Å². The second-order valence-electron chi connectivity index (χ2n) is 5.67. The second-order valence-corrected chi connectivity index (χ2v) is 5.67. The van der Waals surface area contributed by atoms with Crippen LogP contribution in [0.4, 0.5) is 0 Å². The molecule has 0 aromatic heterocycles. The summed E-state index contributed by atoms with van der Waals surface area (Å²) in [5, 5.41) is 3.64.